The van der Waals surface area contributed by atoms with Crippen molar-refractivity contribution >= 4 is 42.3 Å². The van der Waals surface area contributed by atoms with E-state index in [1.54, 1.807) is 24.3 Å². The van der Waals surface area contributed by atoms with Gasteiger partial charge in [-0.05, 0) is 41.9 Å². The van der Waals surface area contributed by atoms with Crippen LogP contribution >= 0.6 is 11.3 Å². The van der Waals surface area contributed by atoms with E-state index in [1.165, 1.54) is 11.3 Å². The molecular formula is C16H16N2O3S3. The van der Waals surface area contributed by atoms with Gasteiger partial charge in [-0.15, -0.1) is 15.1 Å². The lowest BCUT2D eigenvalue weighted by atomic mass is 10.2. The maximum Gasteiger partial charge on any atom is 0.288 e. The molecule has 8 heteroatoms. The van der Waals surface area contributed by atoms with Gasteiger partial charge in [-0.1, -0.05) is 29.8 Å². The molecule has 0 aliphatic rings. The van der Waals surface area contributed by atoms with Gasteiger partial charge in [0.2, 0.25) is 0 Å². The minimum absolute atomic E-state index is 0.147. The van der Waals surface area contributed by atoms with E-state index in [4.69, 9.17) is 0 Å². The molecule has 3 rings (SSSR count). The third-order valence-electron chi connectivity index (χ3n) is 3.27. The Balaban J connectivity index is 2.06. The molecule has 1 aromatic heterocycles. The fourth-order valence-corrected chi connectivity index (χ4v) is 6.82. The van der Waals surface area contributed by atoms with Crippen LogP contribution in [-0.4, -0.2) is 30.9 Å². The maximum atomic E-state index is 12.6. The van der Waals surface area contributed by atoms with E-state index in [-0.39, 0.29) is 17.3 Å². The van der Waals surface area contributed by atoms with Crippen molar-refractivity contribution in [2.75, 3.05) is 12.4 Å². The molecule has 0 saturated carbocycles. The van der Waals surface area contributed by atoms with Crippen LogP contribution in [0, 0.1) is 6.92 Å². The largest absolute Gasteiger partial charge is 0.395 e. The molecule has 0 radical (unpaired) electrons. The van der Waals surface area contributed by atoms with Gasteiger partial charge in [0.15, 0.2) is 4.34 Å². The second-order valence-corrected chi connectivity index (χ2v) is 9.93. The number of aromatic nitrogens is 1. The summed E-state index contributed by atoms with van der Waals surface area (Å²) in [6, 6.07) is 14.2. The Labute approximate surface area is 147 Å². The van der Waals surface area contributed by atoms with Gasteiger partial charge in [-0.3, -0.25) is 0 Å². The number of nitrogens with zero attached hydrogens (tertiary/aromatic N) is 2. The van der Waals surface area contributed by atoms with Crippen LogP contribution in [0.3, 0.4) is 0 Å². The normalized spacial score (nSPS) is 13.4. The number of benzene rings is 2. The number of para-hydroxylation sites is 1. The van der Waals surface area contributed by atoms with Gasteiger partial charge in [0.1, 0.15) is 0 Å². The second kappa shape index (κ2) is 7.10. The van der Waals surface area contributed by atoms with Crippen molar-refractivity contribution in [3.8, 4) is 0 Å². The molecule has 3 aromatic rings. The van der Waals surface area contributed by atoms with Crippen LogP contribution in [0.1, 0.15) is 5.56 Å². The summed E-state index contributed by atoms with van der Waals surface area (Å²) in [7, 11) is -4.79. The molecule has 1 N–H and O–H groups in total. The monoisotopic (exact) mass is 380 g/mol. The van der Waals surface area contributed by atoms with E-state index in [2.05, 4.69) is 8.75 Å². The van der Waals surface area contributed by atoms with Crippen LogP contribution in [0.2, 0.25) is 0 Å². The van der Waals surface area contributed by atoms with Crippen LogP contribution in [-0.2, 0) is 20.7 Å². The first-order valence-corrected chi connectivity index (χ1v) is 10.8. The summed E-state index contributed by atoms with van der Waals surface area (Å²) >= 11 is 1.42. The summed E-state index contributed by atoms with van der Waals surface area (Å²) in [6.07, 6.45) is 0. The number of rotatable bonds is 5. The quantitative estimate of drug-likeness (QED) is 0.737. The number of hydrogen-bond donors (Lipinski definition) is 1. The predicted molar refractivity (Wildman–Crippen MR) is 98.0 cm³/mol. The van der Waals surface area contributed by atoms with Crippen LogP contribution in [0.4, 0.5) is 0 Å². The highest BCUT2D eigenvalue weighted by atomic mass is 32.3. The van der Waals surface area contributed by atoms with E-state index >= 15 is 0 Å². The maximum absolute atomic E-state index is 12.6. The summed E-state index contributed by atoms with van der Waals surface area (Å²) in [5, 5.41) is 9.31. The van der Waals surface area contributed by atoms with Crippen molar-refractivity contribution in [3.05, 3.63) is 54.1 Å². The predicted octanol–water partition coefficient (Wildman–Crippen LogP) is 3.15. The molecule has 126 valence electrons. The third kappa shape index (κ3) is 3.72. The zero-order valence-electron chi connectivity index (χ0n) is 12.9. The molecule has 1 heterocycles. The molecule has 0 aliphatic heterocycles. The van der Waals surface area contributed by atoms with E-state index in [9.17, 15) is 13.5 Å². The van der Waals surface area contributed by atoms with Gasteiger partial charge < -0.3 is 5.11 Å². The van der Waals surface area contributed by atoms with E-state index < -0.39 is 20.7 Å². The molecule has 1 unspecified atom stereocenters. The highest BCUT2D eigenvalue weighted by Crippen LogP contribution is 2.26. The molecule has 1 atom stereocenters. The standard InChI is InChI=1S/C16H16N2O3S3/c1-12-6-8-13(9-7-12)24(20,21)18-23(11-10-19)16-17-14-4-2-3-5-15(14)22-16/h2-9,19H,10-11H2,1H3. The van der Waals surface area contributed by atoms with Gasteiger partial charge in [-0.2, -0.15) is 8.42 Å². The Morgan fingerprint density at radius 1 is 1.17 bits per heavy atom. The lowest BCUT2D eigenvalue weighted by Crippen LogP contribution is -2.06. The molecule has 0 fully saturated rings. The number of fused-ring (bicyclic) bond motifs is 1. The zero-order valence-corrected chi connectivity index (χ0v) is 15.4. The van der Waals surface area contributed by atoms with E-state index in [0.717, 1.165) is 15.8 Å². The number of thiazole rings is 1. The van der Waals surface area contributed by atoms with Crippen molar-refractivity contribution in [2.45, 2.75) is 16.2 Å². The van der Waals surface area contributed by atoms with E-state index in [1.807, 2.05) is 31.2 Å². The highest BCUT2D eigenvalue weighted by molar-refractivity contribution is 8.01. The summed E-state index contributed by atoms with van der Waals surface area (Å²) in [5.74, 6) is 0.241. The molecule has 5 nitrogen and oxygen atoms in total. The average Bonchev–Trinajstić information content (AvgIpc) is 2.99. The summed E-state index contributed by atoms with van der Waals surface area (Å²) in [4.78, 5) is 4.64. The first-order valence-electron chi connectivity index (χ1n) is 7.22. The fourth-order valence-electron chi connectivity index (χ4n) is 2.07. The van der Waals surface area contributed by atoms with Crippen LogP contribution < -0.4 is 0 Å². The Morgan fingerprint density at radius 3 is 2.54 bits per heavy atom. The van der Waals surface area contributed by atoms with E-state index in [0.29, 0.717) is 4.34 Å². The molecule has 0 aliphatic carbocycles. The SMILES string of the molecule is Cc1ccc(S(=O)(=O)/N=S(\CCO)c2nc3ccccc3s2)cc1. The molecular weight excluding hydrogens is 364 g/mol. The highest BCUT2D eigenvalue weighted by Gasteiger charge is 2.17. The topological polar surface area (TPSA) is 79.6 Å². The van der Waals surface area contributed by atoms with Crippen molar-refractivity contribution in [1.29, 1.82) is 0 Å². The number of sulfonamides is 1. The van der Waals surface area contributed by atoms with Crippen molar-refractivity contribution in [2.24, 2.45) is 3.77 Å². The van der Waals surface area contributed by atoms with Crippen LogP contribution in [0.25, 0.3) is 10.2 Å². The van der Waals surface area contributed by atoms with Gasteiger partial charge in [0.25, 0.3) is 10.0 Å². The fraction of sp³-hybridized carbons (Fsp3) is 0.188. The summed E-state index contributed by atoms with van der Waals surface area (Å²) < 4.78 is 30.8. The second-order valence-electron chi connectivity index (χ2n) is 5.10. The van der Waals surface area contributed by atoms with Gasteiger partial charge in [0.05, 0.1) is 21.7 Å². The molecule has 0 spiro atoms. The van der Waals surface area contributed by atoms with Crippen molar-refractivity contribution in [3.63, 3.8) is 0 Å². The Hall–Kier alpha value is -1.61. The number of aliphatic hydroxyl groups is 1. The smallest absolute Gasteiger partial charge is 0.288 e. The molecule has 2 aromatic carbocycles. The van der Waals surface area contributed by atoms with Crippen LogP contribution in [0.5, 0.6) is 0 Å². The first-order chi connectivity index (χ1) is 11.5. The van der Waals surface area contributed by atoms with Crippen molar-refractivity contribution < 1.29 is 13.5 Å². The zero-order chi connectivity index (χ0) is 17.2. The minimum atomic E-state index is -3.79. The molecule has 0 bridgehead atoms. The Bertz CT molecular complexity index is 960. The third-order valence-corrected chi connectivity index (χ3v) is 8.36. The lowest BCUT2D eigenvalue weighted by Gasteiger charge is -2.04. The number of aliphatic hydroxyl groups excluding tert-OH is 1. The first kappa shape index (κ1) is 17.2. The summed E-state index contributed by atoms with van der Waals surface area (Å²) in [5.41, 5.74) is 1.80. The van der Waals surface area contributed by atoms with Gasteiger partial charge in [0, 0.05) is 5.75 Å². The average molecular weight is 381 g/mol. The molecule has 0 saturated heterocycles. The molecule has 0 amide bonds. The minimum Gasteiger partial charge on any atom is -0.395 e. The Morgan fingerprint density at radius 2 is 1.88 bits per heavy atom. The number of hydrogen-bond acceptors (Lipinski definition) is 5. The van der Waals surface area contributed by atoms with Crippen molar-refractivity contribution in [1.82, 2.24) is 4.98 Å². The Kier molecular flexibility index (Phi) is 5.09. The van der Waals surface area contributed by atoms with Crippen LogP contribution in [0.15, 0.2) is 61.5 Å². The summed E-state index contributed by atoms with van der Waals surface area (Å²) in [6.45, 7) is 1.75. The van der Waals surface area contributed by atoms with Gasteiger partial charge >= 0.3 is 0 Å². The molecule has 24 heavy (non-hydrogen) atoms. The lowest BCUT2D eigenvalue weighted by molar-refractivity contribution is 0.322. The number of aryl methyl sites for hydroxylation is 1. The van der Waals surface area contributed by atoms with Gasteiger partial charge in [-0.25, -0.2) is 4.98 Å².